The zero-order valence-corrected chi connectivity index (χ0v) is 12.4. The number of ether oxygens (including phenoxy) is 1. The second kappa shape index (κ2) is 5.44. The highest BCUT2D eigenvalue weighted by atomic mass is 16.5. The molecule has 3 aromatic rings. The van der Waals surface area contributed by atoms with Crippen molar-refractivity contribution in [1.82, 2.24) is 15.0 Å². The maximum atomic E-state index is 11.3. The number of fused-ring (bicyclic) bond motifs is 1. The molecule has 5 nitrogen and oxygen atoms in total. The van der Waals surface area contributed by atoms with Crippen LogP contribution in [0.15, 0.2) is 43.0 Å². The van der Waals surface area contributed by atoms with Crippen LogP contribution in [0.5, 0.6) is 5.75 Å². The van der Waals surface area contributed by atoms with Crippen LogP contribution in [0.25, 0.3) is 22.8 Å². The van der Waals surface area contributed by atoms with E-state index in [1.807, 2.05) is 37.3 Å². The molecule has 0 saturated carbocycles. The summed E-state index contributed by atoms with van der Waals surface area (Å²) in [4.78, 5) is 12.7. The Morgan fingerprint density at radius 3 is 2.68 bits per heavy atom. The van der Waals surface area contributed by atoms with Crippen LogP contribution in [-0.4, -0.2) is 21.0 Å². The standard InChI is InChI=1S/C17H15N3O2/c1-4-13-6-7-14-15(10-13)19-20(18-14)16-9-11(2)5-8-17(16)22-12(3)21/h4-10H,1H2,2-3H3. The summed E-state index contributed by atoms with van der Waals surface area (Å²) in [6.07, 6.45) is 1.76. The number of benzene rings is 2. The van der Waals surface area contributed by atoms with Gasteiger partial charge in [-0.1, -0.05) is 24.8 Å². The number of aromatic nitrogens is 3. The summed E-state index contributed by atoms with van der Waals surface area (Å²) in [7, 11) is 0. The average molecular weight is 293 g/mol. The summed E-state index contributed by atoms with van der Waals surface area (Å²) in [6, 6.07) is 11.2. The first-order valence-electron chi connectivity index (χ1n) is 6.86. The molecule has 3 rings (SSSR count). The summed E-state index contributed by atoms with van der Waals surface area (Å²) >= 11 is 0. The van der Waals surface area contributed by atoms with Crippen LogP contribution in [0.1, 0.15) is 18.1 Å². The number of hydrogen-bond donors (Lipinski definition) is 0. The second-order valence-electron chi connectivity index (χ2n) is 5.01. The molecule has 0 radical (unpaired) electrons. The second-order valence-corrected chi connectivity index (χ2v) is 5.01. The van der Waals surface area contributed by atoms with Gasteiger partial charge in [-0.05, 0) is 42.3 Å². The summed E-state index contributed by atoms with van der Waals surface area (Å²) in [5.74, 6) is 0.0538. The molecule has 1 heterocycles. The summed E-state index contributed by atoms with van der Waals surface area (Å²) in [5.41, 5.74) is 4.16. The van der Waals surface area contributed by atoms with Gasteiger partial charge in [0, 0.05) is 6.92 Å². The van der Waals surface area contributed by atoms with Crippen LogP contribution in [0.2, 0.25) is 0 Å². The Labute approximate surface area is 127 Å². The Kier molecular flexibility index (Phi) is 3.47. The van der Waals surface area contributed by atoms with Gasteiger partial charge in [-0.2, -0.15) is 0 Å². The SMILES string of the molecule is C=Cc1ccc2nn(-c3cc(C)ccc3OC(C)=O)nc2c1. The first-order chi connectivity index (χ1) is 10.6. The van der Waals surface area contributed by atoms with E-state index in [1.165, 1.54) is 11.7 Å². The van der Waals surface area contributed by atoms with E-state index in [-0.39, 0.29) is 5.97 Å². The monoisotopic (exact) mass is 293 g/mol. The van der Waals surface area contributed by atoms with Gasteiger partial charge in [0.15, 0.2) is 5.75 Å². The van der Waals surface area contributed by atoms with Crippen LogP contribution in [0.4, 0.5) is 0 Å². The fourth-order valence-corrected chi connectivity index (χ4v) is 2.19. The van der Waals surface area contributed by atoms with Gasteiger partial charge in [-0.3, -0.25) is 4.79 Å². The molecule has 2 aromatic carbocycles. The van der Waals surface area contributed by atoms with Gasteiger partial charge in [0.1, 0.15) is 16.7 Å². The lowest BCUT2D eigenvalue weighted by Gasteiger charge is -2.08. The molecule has 0 amide bonds. The fraction of sp³-hybridized carbons (Fsp3) is 0.118. The molecule has 0 atom stereocenters. The van der Waals surface area contributed by atoms with Gasteiger partial charge in [0.2, 0.25) is 0 Å². The van der Waals surface area contributed by atoms with Gasteiger partial charge in [-0.25, -0.2) is 0 Å². The number of nitrogens with zero attached hydrogens (tertiary/aromatic N) is 3. The van der Waals surface area contributed by atoms with Crippen molar-refractivity contribution < 1.29 is 9.53 Å². The Morgan fingerprint density at radius 2 is 1.95 bits per heavy atom. The smallest absolute Gasteiger partial charge is 0.308 e. The van der Waals surface area contributed by atoms with E-state index < -0.39 is 0 Å². The zero-order valence-electron chi connectivity index (χ0n) is 12.4. The van der Waals surface area contributed by atoms with Crippen molar-refractivity contribution in [1.29, 1.82) is 0 Å². The van der Waals surface area contributed by atoms with Crippen LogP contribution >= 0.6 is 0 Å². The Morgan fingerprint density at radius 1 is 1.18 bits per heavy atom. The van der Waals surface area contributed by atoms with Gasteiger partial charge in [0.05, 0.1) is 0 Å². The lowest BCUT2D eigenvalue weighted by atomic mass is 10.2. The van der Waals surface area contributed by atoms with E-state index in [2.05, 4.69) is 16.8 Å². The number of rotatable bonds is 3. The van der Waals surface area contributed by atoms with Gasteiger partial charge in [0.25, 0.3) is 0 Å². The van der Waals surface area contributed by atoms with Crippen molar-refractivity contribution in [2.45, 2.75) is 13.8 Å². The highest BCUT2D eigenvalue weighted by Gasteiger charge is 2.12. The molecule has 0 aliphatic carbocycles. The lowest BCUT2D eigenvalue weighted by Crippen LogP contribution is -2.07. The Hall–Kier alpha value is -2.95. The largest absolute Gasteiger partial charge is 0.424 e. The number of carbonyl (C=O) groups is 1. The molecule has 1 aromatic heterocycles. The molecule has 0 fully saturated rings. The fourth-order valence-electron chi connectivity index (χ4n) is 2.19. The summed E-state index contributed by atoms with van der Waals surface area (Å²) < 4.78 is 5.24. The molecule has 0 aliphatic heterocycles. The van der Waals surface area contributed by atoms with Crippen LogP contribution in [0.3, 0.4) is 0 Å². The number of aryl methyl sites for hydroxylation is 1. The van der Waals surface area contributed by atoms with E-state index >= 15 is 0 Å². The predicted octanol–water partition coefficient (Wildman–Crippen LogP) is 3.30. The maximum absolute atomic E-state index is 11.3. The van der Waals surface area contributed by atoms with Gasteiger partial charge < -0.3 is 4.74 Å². The number of carbonyl (C=O) groups excluding carboxylic acids is 1. The topological polar surface area (TPSA) is 57.0 Å². The maximum Gasteiger partial charge on any atom is 0.308 e. The lowest BCUT2D eigenvalue weighted by molar-refractivity contribution is -0.131. The third-order valence-corrected chi connectivity index (χ3v) is 3.22. The summed E-state index contributed by atoms with van der Waals surface area (Å²) in [5, 5.41) is 8.91. The van der Waals surface area contributed by atoms with Crippen molar-refractivity contribution in [3.8, 4) is 11.4 Å². The van der Waals surface area contributed by atoms with Crippen LogP contribution < -0.4 is 4.74 Å². The zero-order chi connectivity index (χ0) is 15.7. The third-order valence-electron chi connectivity index (χ3n) is 3.22. The molecule has 110 valence electrons. The van der Waals surface area contributed by atoms with E-state index in [9.17, 15) is 4.79 Å². The van der Waals surface area contributed by atoms with E-state index in [0.29, 0.717) is 11.4 Å². The molecule has 0 aliphatic rings. The molecular formula is C17H15N3O2. The van der Waals surface area contributed by atoms with E-state index in [4.69, 9.17) is 4.74 Å². The van der Waals surface area contributed by atoms with Crippen LogP contribution in [-0.2, 0) is 4.79 Å². The van der Waals surface area contributed by atoms with Gasteiger partial charge >= 0.3 is 5.97 Å². The molecule has 0 bridgehead atoms. The quantitative estimate of drug-likeness (QED) is 0.549. The highest BCUT2D eigenvalue weighted by Crippen LogP contribution is 2.25. The molecule has 5 heteroatoms. The molecule has 0 unspecified atom stereocenters. The van der Waals surface area contributed by atoms with Crippen molar-refractivity contribution in [3.05, 3.63) is 54.1 Å². The third kappa shape index (κ3) is 2.61. The summed E-state index contributed by atoms with van der Waals surface area (Å²) in [6.45, 7) is 7.08. The number of esters is 1. The Balaban J connectivity index is 2.15. The first-order valence-corrected chi connectivity index (χ1v) is 6.86. The highest BCUT2D eigenvalue weighted by molar-refractivity contribution is 5.77. The normalized spacial score (nSPS) is 10.6. The van der Waals surface area contributed by atoms with E-state index in [0.717, 1.165) is 22.2 Å². The molecule has 22 heavy (non-hydrogen) atoms. The van der Waals surface area contributed by atoms with Crippen molar-refractivity contribution >= 4 is 23.1 Å². The minimum absolute atomic E-state index is 0.379. The Bertz CT molecular complexity index is 881. The number of hydrogen-bond acceptors (Lipinski definition) is 4. The minimum Gasteiger partial charge on any atom is -0.424 e. The van der Waals surface area contributed by atoms with Gasteiger partial charge in [-0.15, -0.1) is 15.0 Å². The van der Waals surface area contributed by atoms with Crippen molar-refractivity contribution in [3.63, 3.8) is 0 Å². The molecule has 0 saturated heterocycles. The average Bonchev–Trinajstić information content (AvgIpc) is 2.91. The van der Waals surface area contributed by atoms with Crippen molar-refractivity contribution in [2.75, 3.05) is 0 Å². The van der Waals surface area contributed by atoms with E-state index in [1.54, 1.807) is 12.1 Å². The molecular weight excluding hydrogens is 278 g/mol. The predicted molar refractivity (Wildman–Crippen MR) is 85.0 cm³/mol. The molecule has 0 spiro atoms. The minimum atomic E-state index is -0.379. The first kappa shape index (κ1) is 14.0. The molecule has 0 N–H and O–H groups in total. The van der Waals surface area contributed by atoms with Crippen LogP contribution in [0, 0.1) is 6.92 Å². The van der Waals surface area contributed by atoms with Crippen molar-refractivity contribution in [2.24, 2.45) is 0 Å².